The molecule has 2 nitrogen and oxygen atoms in total. The summed E-state index contributed by atoms with van der Waals surface area (Å²) in [6.07, 6.45) is 2.57. The topological polar surface area (TPSA) is 17.8 Å². The van der Waals surface area contributed by atoms with Crippen molar-refractivity contribution in [2.45, 2.75) is 32.0 Å². The number of halogens is 2. The summed E-state index contributed by atoms with van der Waals surface area (Å²) in [5.41, 5.74) is 1.32. The molecule has 0 spiro atoms. The van der Waals surface area contributed by atoms with Crippen molar-refractivity contribution in [3.8, 4) is 5.69 Å². The molecule has 2 aromatic rings. The number of alkyl halides is 1. The molecule has 0 aliphatic carbocycles. The van der Waals surface area contributed by atoms with E-state index in [1.807, 2.05) is 30.3 Å². The number of aromatic nitrogens is 2. The number of benzene rings is 1. The van der Waals surface area contributed by atoms with Crippen molar-refractivity contribution < 1.29 is 4.39 Å². The van der Waals surface area contributed by atoms with Gasteiger partial charge >= 0.3 is 0 Å². The highest BCUT2D eigenvalue weighted by Gasteiger charge is 2.31. The Morgan fingerprint density at radius 3 is 2.53 bits per heavy atom. The van der Waals surface area contributed by atoms with Crippen LogP contribution < -0.4 is 0 Å². The molecule has 1 aromatic heterocycles. The highest BCUT2D eigenvalue weighted by Crippen LogP contribution is 2.43. The summed E-state index contributed by atoms with van der Waals surface area (Å²) in [6, 6.07) is 9.33. The Kier molecular flexibility index (Phi) is 4.09. The fourth-order valence-electron chi connectivity index (χ4n) is 1.87. The lowest BCUT2D eigenvalue weighted by Gasteiger charge is -2.28. The molecule has 0 N–H and O–H groups in total. The van der Waals surface area contributed by atoms with Gasteiger partial charge in [0.2, 0.25) is 5.95 Å². The van der Waals surface area contributed by atoms with Crippen LogP contribution in [0.4, 0.5) is 4.39 Å². The molecule has 1 heterocycles. The predicted molar refractivity (Wildman–Crippen MR) is 79.3 cm³/mol. The normalized spacial score (nSPS) is 13.5. The quantitative estimate of drug-likeness (QED) is 0.732. The number of hydrogen-bond donors (Lipinski definition) is 0. The van der Waals surface area contributed by atoms with Gasteiger partial charge in [-0.3, -0.25) is 0 Å². The zero-order valence-corrected chi connectivity index (χ0v) is 13.0. The van der Waals surface area contributed by atoms with Crippen molar-refractivity contribution in [3.05, 3.63) is 48.0 Å². The molecule has 0 radical (unpaired) electrons. The number of para-hydroxylation sites is 1. The van der Waals surface area contributed by atoms with Gasteiger partial charge in [0.1, 0.15) is 0 Å². The Balaban J connectivity index is 2.39. The molecule has 0 amide bonds. The highest BCUT2D eigenvalue weighted by molar-refractivity contribution is 9.09. The molecule has 4 heteroatoms. The minimum Gasteiger partial charge on any atom is -0.206 e. The molecule has 0 saturated carbocycles. The Bertz CT molecular complexity index is 549. The summed E-state index contributed by atoms with van der Waals surface area (Å²) in [5.74, 6) is -0.297. The van der Waals surface area contributed by atoms with Gasteiger partial charge in [-0.2, -0.15) is 9.49 Å². The minimum atomic E-state index is -0.297. The van der Waals surface area contributed by atoms with Gasteiger partial charge in [0.15, 0.2) is 0 Å². The molecule has 0 bridgehead atoms. The van der Waals surface area contributed by atoms with Gasteiger partial charge < -0.3 is 0 Å². The summed E-state index contributed by atoms with van der Waals surface area (Å²) in [5, 5.41) is 4.17. The fraction of sp³-hybridized carbons (Fsp3) is 0.400. The number of nitrogens with zero attached hydrogens (tertiary/aromatic N) is 2. The molecule has 19 heavy (non-hydrogen) atoms. The Morgan fingerprint density at radius 1 is 1.32 bits per heavy atom. The summed E-state index contributed by atoms with van der Waals surface area (Å²) in [6.45, 7) is 6.34. The molecule has 102 valence electrons. The van der Waals surface area contributed by atoms with Gasteiger partial charge in [0.05, 0.1) is 16.7 Å². The summed E-state index contributed by atoms with van der Waals surface area (Å²) < 4.78 is 15.8. The van der Waals surface area contributed by atoms with E-state index in [2.05, 4.69) is 41.8 Å². The zero-order chi connectivity index (χ0) is 14.0. The molecule has 0 aliphatic heterocycles. The van der Waals surface area contributed by atoms with E-state index in [-0.39, 0.29) is 16.2 Å². The van der Waals surface area contributed by atoms with Gasteiger partial charge in [0, 0.05) is 5.56 Å². The van der Waals surface area contributed by atoms with Crippen molar-refractivity contribution >= 4 is 15.9 Å². The fourth-order valence-corrected chi connectivity index (χ4v) is 2.50. The molecule has 1 atom stereocenters. The van der Waals surface area contributed by atoms with Crippen LogP contribution >= 0.6 is 15.9 Å². The Hall–Kier alpha value is -1.16. The van der Waals surface area contributed by atoms with Gasteiger partial charge in [-0.1, -0.05) is 54.9 Å². The van der Waals surface area contributed by atoms with Gasteiger partial charge in [-0.25, -0.2) is 4.68 Å². The van der Waals surface area contributed by atoms with E-state index in [1.165, 1.54) is 4.68 Å². The summed E-state index contributed by atoms with van der Waals surface area (Å²) >= 11 is 3.61. The van der Waals surface area contributed by atoms with E-state index in [0.717, 1.165) is 12.1 Å². The smallest absolute Gasteiger partial charge is 0.206 e. The van der Waals surface area contributed by atoms with Gasteiger partial charge in [0.25, 0.3) is 0 Å². The van der Waals surface area contributed by atoms with Crippen LogP contribution in [0.25, 0.3) is 5.69 Å². The first kappa shape index (κ1) is 14.3. The first-order valence-electron chi connectivity index (χ1n) is 6.40. The highest BCUT2D eigenvalue weighted by atomic mass is 79.9. The third kappa shape index (κ3) is 2.73. The predicted octanol–water partition coefficient (Wildman–Crippen LogP) is 4.88. The molecule has 2 rings (SSSR count). The van der Waals surface area contributed by atoms with Gasteiger partial charge in [-0.15, -0.1) is 0 Å². The van der Waals surface area contributed by atoms with Crippen LogP contribution in [0.3, 0.4) is 0 Å². The number of rotatable bonds is 4. The molecule has 0 aliphatic rings. The molecule has 1 unspecified atom stereocenters. The second-order valence-corrected chi connectivity index (χ2v) is 6.26. The molecule has 0 fully saturated rings. The largest absolute Gasteiger partial charge is 0.220 e. The molecular formula is C15H18BrFN2. The van der Waals surface area contributed by atoms with Crippen LogP contribution in [0.2, 0.25) is 0 Å². The van der Waals surface area contributed by atoms with E-state index in [4.69, 9.17) is 0 Å². The lowest BCUT2D eigenvalue weighted by atomic mass is 9.84. The lowest BCUT2D eigenvalue weighted by Crippen LogP contribution is -2.17. The Morgan fingerprint density at radius 2 is 1.95 bits per heavy atom. The first-order chi connectivity index (χ1) is 8.97. The standard InChI is InChI=1S/C15H18BrFN2/c1-4-15(2,3)13(16)12-10-18-19(14(12)17)11-8-6-5-7-9-11/h5-10,13H,4H2,1-3H3. The SMILES string of the molecule is CCC(C)(C)C(Br)c1cnn(-c2ccccc2)c1F. The van der Waals surface area contributed by atoms with Crippen LogP contribution in [0.1, 0.15) is 37.6 Å². The lowest BCUT2D eigenvalue weighted by molar-refractivity contribution is 0.339. The maximum absolute atomic E-state index is 14.5. The molecule has 1 aromatic carbocycles. The van der Waals surface area contributed by atoms with Crippen molar-refractivity contribution in [2.75, 3.05) is 0 Å². The second kappa shape index (κ2) is 5.45. The van der Waals surface area contributed by atoms with Crippen molar-refractivity contribution in [3.63, 3.8) is 0 Å². The van der Waals surface area contributed by atoms with E-state index in [9.17, 15) is 4.39 Å². The van der Waals surface area contributed by atoms with Crippen molar-refractivity contribution in [1.29, 1.82) is 0 Å². The van der Waals surface area contributed by atoms with Crippen LogP contribution in [-0.2, 0) is 0 Å². The monoisotopic (exact) mass is 324 g/mol. The maximum Gasteiger partial charge on any atom is 0.220 e. The maximum atomic E-state index is 14.5. The third-order valence-corrected chi connectivity index (χ3v) is 5.34. The zero-order valence-electron chi connectivity index (χ0n) is 11.4. The number of hydrogen-bond acceptors (Lipinski definition) is 1. The molecule has 0 saturated heterocycles. The van der Waals surface area contributed by atoms with E-state index in [0.29, 0.717) is 5.56 Å². The Labute approximate surface area is 121 Å². The van der Waals surface area contributed by atoms with Gasteiger partial charge in [-0.05, 0) is 24.0 Å². The van der Waals surface area contributed by atoms with Crippen molar-refractivity contribution in [1.82, 2.24) is 9.78 Å². The van der Waals surface area contributed by atoms with E-state index >= 15 is 0 Å². The summed E-state index contributed by atoms with van der Waals surface area (Å²) in [7, 11) is 0. The summed E-state index contributed by atoms with van der Waals surface area (Å²) in [4.78, 5) is -0.0533. The van der Waals surface area contributed by atoms with E-state index < -0.39 is 0 Å². The third-order valence-electron chi connectivity index (χ3n) is 3.61. The first-order valence-corrected chi connectivity index (χ1v) is 7.32. The van der Waals surface area contributed by atoms with Crippen LogP contribution in [0.5, 0.6) is 0 Å². The van der Waals surface area contributed by atoms with Crippen LogP contribution in [-0.4, -0.2) is 9.78 Å². The van der Waals surface area contributed by atoms with Crippen LogP contribution in [0.15, 0.2) is 36.5 Å². The average molecular weight is 325 g/mol. The molecular weight excluding hydrogens is 307 g/mol. The van der Waals surface area contributed by atoms with Crippen LogP contribution in [0, 0.1) is 11.4 Å². The van der Waals surface area contributed by atoms with E-state index in [1.54, 1.807) is 6.20 Å². The van der Waals surface area contributed by atoms with Crippen molar-refractivity contribution in [2.24, 2.45) is 5.41 Å². The second-order valence-electron chi connectivity index (χ2n) is 5.34. The average Bonchev–Trinajstić information content (AvgIpc) is 2.80. The minimum absolute atomic E-state index is 0.0224.